The Morgan fingerprint density at radius 3 is 2.45 bits per heavy atom. The molecule has 0 aliphatic rings. The zero-order valence-corrected chi connectivity index (χ0v) is 13.8. The van der Waals surface area contributed by atoms with Gasteiger partial charge in [-0.05, 0) is 40.9 Å². The van der Waals surface area contributed by atoms with E-state index in [0.717, 1.165) is 12.8 Å². The average Bonchev–Trinajstić information content (AvgIpc) is 2.45. The molecule has 0 unspecified atom stereocenters. The van der Waals surface area contributed by atoms with Crippen molar-refractivity contribution in [3.05, 3.63) is 33.8 Å². The van der Waals surface area contributed by atoms with Crippen molar-refractivity contribution >= 4 is 15.9 Å². The van der Waals surface area contributed by atoms with Gasteiger partial charge in [-0.3, -0.25) is 4.90 Å². The van der Waals surface area contributed by atoms with Crippen LogP contribution in [-0.4, -0.2) is 31.2 Å². The van der Waals surface area contributed by atoms with Gasteiger partial charge in [-0.2, -0.15) is 0 Å². The van der Waals surface area contributed by atoms with Gasteiger partial charge < -0.3 is 4.74 Å². The van der Waals surface area contributed by atoms with Gasteiger partial charge in [0.2, 0.25) is 0 Å². The summed E-state index contributed by atoms with van der Waals surface area (Å²) in [4.78, 5) is 2.08. The van der Waals surface area contributed by atoms with Crippen LogP contribution in [0.3, 0.4) is 0 Å². The zero-order valence-electron chi connectivity index (χ0n) is 12.3. The van der Waals surface area contributed by atoms with Crippen LogP contribution in [0.5, 0.6) is 0 Å². The van der Waals surface area contributed by atoms with E-state index >= 15 is 0 Å². The summed E-state index contributed by atoms with van der Waals surface area (Å²) in [6.45, 7) is 5.64. The minimum atomic E-state index is -0.515. The maximum Gasteiger partial charge on any atom is 0.144 e. The van der Waals surface area contributed by atoms with Crippen molar-refractivity contribution < 1.29 is 13.5 Å². The molecule has 2 nitrogen and oxygen atoms in total. The second-order valence-electron chi connectivity index (χ2n) is 4.76. The fourth-order valence-corrected chi connectivity index (χ4v) is 2.69. The SMILES string of the molecule is CCC(CC)N(CCOC)Cc1c(F)ccc(Br)c1F. The highest BCUT2D eigenvalue weighted by molar-refractivity contribution is 9.10. The molecule has 0 heterocycles. The number of hydrogen-bond acceptors (Lipinski definition) is 2. The molecule has 0 aromatic heterocycles. The predicted molar refractivity (Wildman–Crippen MR) is 80.7 cm³/mol. The number of benzene rings is 1. The number of rotatable bonds is 8. The molecular weight excluding hydrogens is 328 g/mol. The minimum Gasteiger partial charge on any atom is -0.383 e. The van der Waals surface area contributed by atoms with Crippen molar-refractivity contribution in [2.75, 3.05) is 20.3 Å². The third-order valence-corrected chi connectivity index (χ3v) is 4.15. The first kappa shape index (κ1) is 17.5. The van der Waals surface area contributed by atoms with Crippen molar-refractivity contribution in [3.8, 4) is 0 Å². The third-order valence-electron chi connectivity index (χ3n) is 3.54. The van der Waals surface area contributed by atoms with Crippen molar-refractivity contribution in [2.45, 2.75) is 39.3 Å². The first-order chi connectivity index (χ1) is 9.54. The second kappa shape index (κ2) is 8.70. The Balaban J connectivity index is 2.97. The minimum absolute atomic E-state index is 0.113. The van der Waals surface area contributed by atoms with Gasteiger partial charge in [0.05, 0.1) is 11.1 Å². The van der Waals surface area contributed by atoms with Crippen LogP contribution in [0, 0.1) is 11.6 Å². The first-order valence-electron chi connectivity index (χ1n) is 6.90. The highest BCUT2D eigenvalue weighted by Gasteiger charge is 2.20. The van der Waals surface area contributed by atoms with Crippen LogP contribution in [0.25, 0.3) is 0 Å². The molecule has 0 radical (unpaired) electrons. The number of methoxy groups -OCH3 is 1. The fraction of sp³-hybridized carbons (Fsp3) is 0.600. The summed E-state index contributed by atoms with van der Waals surface area (Å²) in [6, 6.07) is 2.98. The van der Waals surface area contributed by atoms with Gasteiger partial charge in [-0.1, -0.05) is 13.8 Å². The van der Waals surface area contributed by atoms with Gasteiger partial charge in [0, 0.05) is 31.8 Å². The van der Waals surface area contributed by atoms with Crippen LogP contribution < -0.4 is 0 Å². The highest BCUT2D eigenvalue weighted by atomic mass is 79.9. The van der Waals surface area contributed by atoms with E-state index in [1.807, 2.05) is 0 Å². The Hall–Kier alpha value is -0.520. The summed E-state index contributed by atoms with van der Waals surface area (Å²) in [7, 11) is 1.63. The molecule has 20 heavy (non-hydrogen) atoms. The molecule has 5 heteroatoms. The Labute approximate surface area is 128 Å². The lowest BCUT2D eigenvalue weighted by molar-refractivity contribution is 0.108. The first-order valence-corrected chi connectivity index (χ1v) is 7.69. The van der Waals surface area contributed by atoms with E-state index in [1.165, 1.54) is 12.1 Å². The van der Waals surface area contributed by atoms with Crippen LogP contribution >= 0.6 is 15.9 Å². The Morgan fingerprint density at radius 2 is 1.90 bits per heavy atom. The molecular formula is C15H22BrF2NO. The van der Waals surface area contributed by atoms with Gasteiger partial charge in [0.1, 0.15) is 11.6 Å². The van der Waals surface area contributed by atoms with E-state index in [0.29, 0.717) is 23.7 Å². The molecule has 1 rings (SSSR count). The van der Waals surface area contributed by atoms with E-state index in [9.17, 15) is 8.78 Å². The van der Waals surface area contributed by atoms with E-state index in [1.54, 1.807) is 7.11 Å². The average molecular weight is 350 g/mol. The molecule has 0 atom stereocenters. The van der Waals surface area contributed by atoms with Gasteiger partial charge >= 0.3 is 0 Å². The highest BCUT2D eigenvalue weighted by Crippen LogP contribution is 2.24. The fourth-order valence-electron chi connectivity index (χ4n) is 2.32. The van der Waals surface area contributed by atoms with Crippen LogP contribution in [0.4, 0.5) is 8.78 Å². The lowest BCUT2D eigenvalue weighted by Gasteiger charge is -2.30. The zero-order chi connectivity index (χ0) is 15.1. The normalized spacial score (nSPS) is 11.6. The molecule has 0 N–H and O–H groups in total. The Bertz CT molecular complexity index is 425. The Morgan fingerprint density at radius 1 is 1.25 bits per heavy atom. The van der Waals surface area contributed by atoms with Crippen LogP contribution in [0.2, 0.25) is 0 Å². The number of ether oxygens (including phenoxy) is 1. The topological polar surface area (TPSA) is 12.5 Å². The van der Waals surface area contributed by atoms with Crippen molar-refractivity contribution in [1.29, 1.82) is 0 Å². The van der Waals surface area contributed by atoms with E-state index in [2.05, 4.69) is 34.7 Å². The molecule has 0 bridgehead atoms. The maximum atomic E-state index is 14.1. The summed E-state index contributed by atoms with van der Waals surface area (Å²) in [5.41, 5.74) is 0.113. The predicted octanol–water partition coefficient (Wildman–Crippen LogP) is 4.36. The summed E-state index contributed by atoms with van der Waals surface area (Å²) in [5, 5.41) is 0. The molecule has 0 spiro atoms. The number of halogens is 3. The summed E-state index contributed by atoms with van der Waals surface area (Å²) in [6.07, 6.45) is 1.88. The smallest absolute Gasteiger partial charge is 0.144 e. The molecule has 0 aliphatic heterocycles. The quantitative estimate of drug-likeness (QED) is 0.646. The summed E-state index contributed by atoms with van der Waals surface area (Å²) >= 11 is 3.11. The molecule has 1 aromatic rings. The van der Waals surface area contributed by atoms with Crippen LogP contribution in [0.1, 0.15) is 32.3 Å². The van der Waals surface area contributed by atoms with Crippen molar-refractivity contribution in [1.82, 2.24) is 4.90 Å². The van der Waals surface area contributed by atoms with Crippen LogP contribution in [-0.2, 0) is 11.3 Å². The lowest BCUT2D eigenvalue weighted by atomic mass is 10.1. The van der Waals surface area contributed by atoms with Gasteiger partial charge in [-0.25, -0.2) is 8.78 Å². The monoisotopic (exact) mass is 349 g/mol. The molecule has 114 valence electrons. The number of nitrogens with zero attached hydrogens (tertiary/aromatic N) is 1. The van der Waals surface area contributed by atoms with E-state index < -0.39 is 11.6 Å². The molecule has 0 saturated carbocycles. The molecule has 1 aromatic carbocycles. The molecule has 0 fully saturated rings. The lowest BCUT2D eigenvalue weighted by Crippen LogP contribution is -2.37. The van der Waals surface area contributed by atoms with E-state index in [-0.39, 0.29) is 12.1 Å². The second-order valence-corrected chi connectivity index (χ2v) is 5.61. The Kier molecular flexibility index (Phi) is 7.62. The van der Waals surface area contributed by atoms with Crippen molar-refractivity contribution in [2.24, 2.45) is 0 Å². The van der Waals surface area contributed by atoms with E-state index in [4.69, 9.17) is 4.74 Å². The standard InChI is InChI=1S/C15H22BrF2NO/c1-4-11(5-2)19(8-9-20-3)10-12-14(17)7-6-13(16)15(12)18/h6-7,11H,4-5,8-10H2,1-3H3. The van der Waals surface area contributed by atoms with Gasteiger partial charge in [0.25, 0.3) is 0 Å². The van der Waals surface area contributed by atoms with Crippen molar-refractivity contribution in [3.63, 3.8) is 0 Å². The van der Waals surface area contributed by atoms with Gasteiger partial charge in [-0.15, -0.1) is 0 Å². The summed E-state index contributed by atoms with van der Waals surface area (Å²) in [5.74, 6) is -1.02. The largest absolute Gasteiger partial charge is 0.383 e. The van der Waals surface area contributed by atoms with Gasteiger partial charge in [0.15, 0.2) is 0 Å². The molecule has 0 amide bonds. The molecule has 0 aliphatic carbocycles. The maximum absolute atomic E-state index is 14.1. The summed E-state index contributed by atoms with van der Waals surface area (Å²) < 4.78 is 33.3. The van der Waals surface area contributed by atoms with Crippen LogP contribution in [0.15, 0.2) is 16.6 Å². The molecule has 0 saturated heterocycles. The number of hydrogen-bond donors (Lipinski definition) is 0. The third kappa shape index (κ3) is 4.50.